The van der Waals surface area contributed by atoms with Crippen molar-refractivity contribution in [3.63, 3.8) is 0 Å². The summed E-state index contributed by atoms with van der Waals surface area (Å²) in [6, 6.07) is 7.50. The normalized spacial score (nSPS) is 10.7. The summed E-state index contributed by atoms with van der Waals surface area (Å²) in [5, 5.41) is 0. The van der Waals surface area contributed by atoms with Crippen molar-refractivity contribution in [3.05, 3.63) is 24.3 Å². The van der Waals surface area contributed by atoms with Gasteiger partial charge in [-0.3, -0.25) is 0 Å². The average molecular weight is 346 g/mol. The lowest BCUT2D eigenvalue weighted by atomic mass is 10.2. The Hall–Kier alpha value is -1.01. The van der Waals surface area contributed by atoms with E-state index < -0.39 is 0 Å². The summed E-state index contributed by atoms with van der Waals surface area (Å²) in [6.45, 7) is 3.11. The molecule has 0 bridgehead atoms. The molecule has 0 aliphatic rings. The fourth-order valence-corrected chi connectivity index (χ4v) is 2.10. The molecule has 0 saturated heterocycles. The van der Waals surface area contributed by atoms with Crippen LogP contribution in [0.5, 0.6) is 11.5 Å². The number of hydrogen-bond acceptors (Lipinski definition) is 5. The summed E-state index contributed by atoms with van der Waals surface area (Å²) >= 11 is 5.62. The van der Waals surface area contributed by atoms with Crippen LogP contribution in [-0.2, 0) is 9.47 Å². The van der Waals surface area contributed by atoms with Crippen molar-refractivity contribution in [1.29, 1.82) is 0 Å². The Morgan fingerprint density at radius 1 is 0.696 bits per heavy atom. The molecule has 0 fully saturated rings. The van der Waals surface area contributed by atoms with Crippen LogP contribution >= 0.6 is 11.6 Å². The van der Waals surface area contributed by atoms with E-state index in [-0.39, 0.29) is 6.73 Å². The SMILES string of the molecule is NCOCCOc1ccc(OCCOCCCCCCCl)cc1. The lowest BCUT2D eigenvalue weighted by molar-refractivity contribution is 0.0969. The molecule has 1 rings (SSSR count). The molecule has 6 heteroatoms. The molecule has 5 nitrogen and oxygen atoms in total. The molecule has 0 atom stereocenters. The number of alkyl halides is 1. The van der Waals surface area contributed by atoms with E-state index in [4.69, 9.17) is 36.3 Å². The van der Waals surface area contributed by atoms with E-state index >= 15 is 0 Å². The van der Waals surface area contributed by atoms with Gasteiger partial charge in [-0.2, -0.15) is 0 Å². The van der Waals surface area contributed by atoms with E-state index in [1.807, 2.05) is 24.3 Å². The van der Waals surface area contributed by atoms with Crippen molar-refractivity contribution >= 4 is 11.6 Å². The van der Waals surface area contributed by atoms with Crippen LogP contribution in [0.1, 0.15) is 25.7 Å². The highest BCUT2D eigenvalue weighted by atomic mass is 35.5. The second-order valence-electron chi connectivity index (χ2n) is 4.96. The third-order valence-corrected chi connectivity index (χ3v) is 3.37. The third-order valence-electron chi connectivity index (χ3n) is 3.11. The number of halogens is 1. The van der Waals surface area contributed by atoms with E-state index in [0.29, 0.717) is 26.4 Å². The highest BCUT2D eigenvalue weighted by Crippen LogP contribution is 2.17. The van der Waals surface area contributed by atoms with Crippen LogP contribution in [0.15, 0.2) is 24.3 Å². The lowest BCUT2D eigenvalue weighted by Crippen LogP contribution is -2.11. The summed E-state index contributed by atoms with van der Waals surface area (Å²) in [6.07, 6.45) is 4.52. The van der Waals surface area contributed by atoms with E-state index in [0.717, 1.165) is 36.8 Å². The molecule has 0 unspecified atom stereocenters. The number of nitrogens with two attached hydrogens (primary N) is 1. The summed E-state index contributed by atoms with van der Waals surface area (Å²) in [5.74, 6) is 2.34. The Balaban J connectivity index is 2.00. The van der Waals surface area contributed by atoms with E-state index in [1.165, 1.54) is 12.8 Å². The van der Waals surface area contributed by atoms with Gasteiger partial charge in [0.1, 0.15) is 24.7 Å². The molecule has 0 aliphatic carbocycles. The smallest absolute Gasteiger partial charge is 0.119 e. The van der Waals surface area contributed by atoms with Crippen LogP contribution in [0.4, 0.5) is 0 Å². The second kappa shape index (κ2) is 14.6. The highest BCUT2D eigenvalue weighted by molar-refractivity contribution is 6.17. The van der Waals surface area contributed by atoms with Gasteiger partial charge in [-0.05, 0) is 37.1 Å². The molecule has 1 aromatic carbocycles. The number of hydrogen-bond donors (Lipinski definition) is 1. The fourth-order valence-electron chi connectivity index (χ4n) is 1.91. The Bertz CT molecular complexity index is 375. The summed E-state index contributed by atoms with van der Waals surface area (Å²) in [5.41, 5.74) is 5.22. The number of unbranched alkanes of at least 4 members (excludes halogenated alkanes) is 3. The van der Waals surface area contributed by atoms with Crippen LogP contribution in [0.3, 0.4) is 0 Å². The molecule has 23 heavy (non-hydrogen) atoms. The van der Waals surface area contributed by atoms with Gasteiger partial charge in [0.2, 0.25) is 0 Å². The van der Waals surface area contributed by atoms with Crippen molar-refractivity contribution in [2.75, 3.05) is 45.6 Å². The zero-order chi connectivity index (χ0) is 16.6. The molecule has 0 aliphatic heterocycles. The average Bonchev–Trinajstić information content (AvgIpc) is 2.58. The van der Waals surface area contributed by atoms with Gasteiger partial charge in [0.15, 0.2) is 0 Å². The van der Waals surface area contributed by atoms with Gasteiger partial charge < -0.3 is 24.7 Å². The maximum absolute atomic E-state index is 5.62. The van der Waals surface area contributed by atoms with Gasteiger partial charge >= 0.3 is 0 Å². The third kappa shape index (κ3) is 11.2. The van der Waals surface area contributed by atoms with Gasteiger partial charge in [-0.1, -0.05) is 12.8 Å². The predicted octanol–water partition coefficient (Wildman–Crippen LogP) is 3.19. The lowest BCUT2D eigenvalue weighted by Gasteiger charge is -2.09. The predicted molar refractivity (Wildman–Crippen MR) is 92.4 cm³/mol. The Labute approximate surface area is 144 Å². The molecule has 132 valence electrons. The quantitative estimate of drug-likeness (QED) is 0.300. The Morgan fingerprint density at radius 2 is 1.26 bits per heavy atom. The van der Waals surface area contributed by atoms with Crippen molar-refractivity contribution in [3.8, 4) is 11.5 Å². The zero-order valence-corrected chi connectivity index (χ0v) is 14.4. The summed E-state index contributed by atoms with van der Waals surface area (Å²) in [7, 11) is 0. The molecule has 0 radical (unpaired) electrons. The van der Waals surface area contributed by atoms with Gasteiger partial charge in [0, 0.05) is 12.5 Å². The second-order valence-corrected chi connectivity index (χ2v) is 5.34. The van der Waals surface area contributed by atoms with Crippen molar-refractivity contribution in [2.45, 2.75) is 25.7 Å². The monoisotopic (exact) mass is 345 g/mol. The number of rotatable bonds is 15. The van der Waals surface area contributed by atoms with E-state index in [1.54, 1.807) is 0 Å². The van der Waals surface area contributed by atoms with Crippen LogP contribution in [-0.4, -0.2) is 45.6 Å². The molecule has 0 amide bonds. The molecular weight excluding hydrogens is 318 g/mol. The number of benzene rings is 1. The highest BCUT2D eigenvalue weighted by Gasteiger charge is 1.97. The first-order chi connectivity index (χ1) is 11.4. The fraction of sp³-hybridized carbons (Fsp3) is 0.647. The van der Waals surface area contributed by atoms with Crippen LogP contribution in [0, 0.1) is 0 Å². The Morgan fingerprint density at radius 3 is 1.83 bits per heavy atom. The van der Waals surface area contributed by atoms with E-state index in [2.05, 4.69) is 0 Å². The molecule has 0 spiro atoms. The first-order valence-corrected chi connectivity index (χ1v) is 8.67. The van der Waals surface area contributed by atoms with Gasteiger partial charge in [0.05, 0.1) is 19.9 Å². The van der Waals surface area contributed by atoms with Crippen LogP contribution in [0.2, 0.25) is 0 Å². The minimum Gasteiger partial charge on any atom is -0.491 e. The Kier molecular flexibility index (Phi) is 12.7. The largest absolute Gasteiger partial charge is 0.491 e. The zero-order valence-electron chi connectivity index (χ0n) is 13.7. The maximum atomic E-state index is 5.62. The van der Waals surface area contributed by atoms with E-state index in [9.17, 15) is 0 Å². The van der Waals surface area contributed by atoms with Crippen molar-refractivity contribution < 1.29 is 18.9 Å². The first-order valence-electron chi connectivity index (χ1n) is 8.14. The van der Waals surface area contributed by atoms with Gasteiger partial charge in [-0.15, -0.1) is 11.6 Å². The van der Waals surface area contributed by atoms with Crippen molar-refractivity contribution in [2.24, 2.45) is 5.73 Å². The summed E-state index contributed by atoms with van der Waals surface area (Å²) in [4.78, 5) is 0. The number of ether oxygens (including phenoxy) is 4. The molecular formula is C17H28ClNO4. The van der Waals surface area contributed by atoms with Crippen molar-refractivity contribution in [1.82, 2.24) is 0 Å². The standard InChI is InChI=1S/C17H28ClNO4/c18-9-3-1-2-4-10-20-11-13-22-16-5-7-17(8-6-16)23-14-12-21-15-19/h5-8H,1-4,9-15,19H2. The van der Waals surface area contributed by atoms with Crippen LogP contribution in [0.25, 0.3) is 0 Å². The molecule has 0 heterocycles. The van der Waals surface area contributed by atoms with Gasteiger partial charge in [-0.25, -0.2) is 0 Å². The minimum atomic E-state index is 0.214. The molecule has 1 aromatic rings. The molecule has 0 aromatic heterocycles. The van der Waals surface area contributed by atoms with Gasteiger partial charge in [0.25, 0.3) is 0 Å². The molecule has 0 saturated carbocycles. The summed E-state index contributed by atoms with van der Waals surface area (Å²) < 4.78 is 21.6. The maximum Gasteiger partial charge on any atom is 0.119 e. The first kappa shape index (κ1) is 20.0. The van der Waals surface area contributed by atoms with Crippen LogP contribution < -0.4 is 15.2 Å². The minimum absolute atomic E-state index is 0.214. The molecule has 2 N–H and O–H groups in total. The topological polar surface area (TPSA) is 62.9 Å².